The molecule has 0 amide bonds. The van der Waals surface area contributed by atoms with Crippen LogP contribution < -0.4 is 5.32 Å². The zero-order chi connectivity index (χ0) is 13.0. The second-order valence-electron chi connectivity index (χ2n) is 4.61. The molecular formula is C15H20N2O. The summed E-state index contributed by atoms with van der Waals surface area (Å²) in [6.07, 6.45) is 2.93. The minimum Gasteiger partial charge on any atom is -0.439 e. The van der Waals surface area contributed by atoms with Gasteiger partial charge in [0, 0.05) is 5.56 Å². The molecule has 0 unspecified atom stereocenters. The summed E-state index contributed by atoms with van der Waals surface area (Å²) >= 11 is 0. The highest BCUT2D eigenvalue weighted by molar-refractivity contribution is 5.62. The van der Waals surface area contributed by atoms with E-state index in [1.165, 1.54) is 11.1 Å². The fraction of sp³-hybridized carbons (Fsp3) is 0.400. The van der Waals surface area contributed by atoms with Gasteiger partial charge in [-0.3, -0.25) is 0 Å². The highest BCUT2D eigenvalue weighted by Crippen LogP contribution is 2.25. The van der Waals surface area contributed by atoms with E-state index in [0.717, 1.165) is 30.2 Å². The predicted octanol–water partition coefficient (Wildman–Crippen LogP) is 3.46. The van der Waals surface area contributed by atoms with Crippen LogP contribution in [0, 0.1) is 13.8 Å². The lowest BCUT2D eigenvalue weighted by molar-refractivity contribution is 0.477. The van der Waals surface area contributed by atoms with E-state index in [0.29, 0.717) is 6.54 Å². The molecule has 0 fully saturated rings. The van der Waals surface area contributed by atoms with Gasteiger partial charge in [-0.25, -0.2) is 4.98 Å². The molecule has 0 aliphatic carbocycles. The monoisotopic (exact) mass is 244 g/mol. The zero-order valence-electron chi connectivity index (χ0n) is 11.3. The molecule has 2 aromatic rings. The Morgan fingerprint density at radius 1 is 1.28 bits per heavy atom. The van der Waals surface area contributed by atoms with Gasteiger partial charge in [-0.1, -0.05) is 24.6 Å². The Hall–Kier alpha value is -1.61. The smallest absolute Gasteiger partial charge is 0.208 e. The van der Waals surface area contributed by atoms with Crippen LogP contribution in [-0.4, -0.2) is 11.5 Å². The lowest BCUT2D eigenvalue weighted by atomic mass is 10.0. The number of nitrogens with zero attached hydrogens (tertiary/aromatic N) is 1. The molecule has 1 aromatic carbocycles. The van der Waals surface area contributed by atoms with Crippen molar-refractivity contribution in [3.05, 3.63) is 41.4 Å². The average Bonchev–Trinajstić information content (AvgIpc) is 2.81. The van der Waals surface area contributed by atoms with Crippen LogP contribution in [0.3, 0.4) is 0 Å². The van der Waals surface area contributed by atoms with E-state index < -0.39 is 0 Å². The van der Waals surface area contributed by atoms with Crippen LogP contribution in [-0.2, 0) is 6.54 Å². The SMILES string of the molecule is CCCNCc1ncc(-c2cc(C)ccc2C)o1. The highest BCUT2D eigenvalue weighted by atomic mass is 16.4. The van der Waals surface area contributed by atoms with E-state index in [2.05, 4.69) is 49.3 Å². The van der Waals surface area contributed by atoms with Crippen LogP contribution in [0.5, 0.6) is 0 Å². The van der Waals surface area contributed by atoms with E-state index in [1.54, 1.807) is 0 Å². The second kappa shape index (κ2) is 5.83. The van der Waals surface area contributed by atoms with Crippen LogP contribution in [0.1, 0.15) is 30.4 Å². The third-order valence-corrected chi connectivity index (χ3v) is 2.92. The first-order chi connectivity index (χ1) is 8.70. The van der Waals surface area contributed by atoms with Crippen LogP contribution in [0.25, 0.3) is 11.3 Å². The number of aryl methyl sites for hydroxylation is 2. The van der Waals surface area contributed by atoms with Crippen LogP contribution in [0.2, 0.25) is 0 Å². The maximum Gasteiger partial charge on any atom is 0.208 e. The molecule has 1 aromatic heterocycles. The molecule has 96 valence electrons. The molecule has 0 saturated carbocycles. The number of aromatic nitrogens is 1. The molecule has 3 nitrogen and oxygen atoms in total. The minimum atomic E-state index is 0.693. The number of hydrogen-bond acceptors (Lipinski definition) is 3. The van der Waals surface area contributed by atoms with Crippen molar-refractivity contribution in [1.82, 2.24) is 10.3 Å². The van der Waals surface area contributed by atoms with Gasteiger partial charge >= 0.3 is 0 Å². The zero-order valence-corrected chi connectivity index (χ0v) is 11.3. The molecule has 3 heteroatoms. The lowest BCUT2D eigenvalue weighted by Crippen LogP contribution is -2.13. The standard InChI is InChI=1S/C15H20N2O/c1-4-7-16-10-15-17-9-14(18-15)13-8-11(2)5-6-12(13)3/h5-6,8-9,16H,4,7,10H2,1-3H3. The largest absolute Gasteiger partial charge is 0.439 e. The Labute approximate surface area is 108 Å². The van der Waals surface area contributed by atoms with Gasteiger partial charge in [-0.15, -0.1) is 0 Å². The van der Waals surface area contributed by atoms with E-state index in [1.807, 2.05) is 6.20 Å². The van der Waals surface area contributed by atoms with Gasteiger partial charge in [0.15, 0.2) is 5.76 Å². The van der Waals surface area contributed by atoms with Crippen molar-refractivity contribution in [2.75, 3.05) is 6.54 Å². The number of hydrogen-bond donors (Lipinski definition) is 1. The normalized spacial score (nSPS) is 10.8. The summed E-state index contributed by atoms with van der Waals surface area (Å²) < 4.78 is 5.78. The maximum atomic E-state index is 5.78. The lowest BCUT2D eigenvalue weighted by Gasteiger charge is -2.03. The van der Waals surface area contributed by atoms with E-state index in [9.17, 15) is 0 Å². The Morgan fingerprint density at radius 3 is 2.89 bits per heavy atom. The summed E-state index contributed by atoms with van der Waals surface area (Å²) in [5.41, 5.74) is 3.58. The van der Waals surface area contributed by atoms with Crippen molar-refractivity contribution in [3.63, 3.8) is 0 Å². The van der Waals surface area contributed by atoms with Crippen molar-refractivity contribution in [2.45, 2.75) is 33.7 Å². The molecule has 1 N–H and O–H groups in total. The van der Waals surface area contributed by atoms with Crippen molar-refractivity contribution in [1.29, 1.82) is 0 Å². The molecule has 1 heterocycles. The van der Waals surface area contributed by atoms with Crippen molar-refractivity contribution < 1.29 is 4.42 Å². The molecule has 0 spiro atoms. The third kappa shape index (κ3) is 2.99. The second-order valence-corrected chi connectivity index (χ2v) is 4.61. The van der Waals surface area contributed by atoms with Gasteiger partial charge in [0.2, 0.25) is 5.89 Å². The van der Waals surface area contributed by atoms with E-state index in [4.69, 9.17) is 4.42 Å². The number of nitrogens with one attached hydrogen (secondary N) is 1. The average molecular weight is 244 g/mol. The first-order valence-electron chi connectivity index (χ1n) is 6.43. The van der Waals surface area contributed by atoms with Crippen molar-refractivity contribution in [3.8, 4) is 11.3 Å². The van der Waals surface area contributed by atoms with Crippen molar-refractivity contribution >= 4 is 0 Å². The Morgan fingerprint density at radius 2 is 2.11 bits per heavy atom. The number of benzene rings is 1. The Bertz CT molecular complexity index is 517. The van der Waals surface area contributed by atoms with Crippen LogP contribution >= 0.6 is 0 Å². The predicted molar refractivity (Wildman–Crippen MR) is 73.4 cm³/mol. The Balaban J connectivity index is 2.16. The molecular weight excluding hydrogens is 224 g/mol. The topological polar surface area (TPSA) is 38.1 Å². The van der Waals surface area contributed by atoms with E-state index in [-0.39, 0.29) is 0 Å². The van der Waals surface area contributed by atoms with Crippen LogP contribution in [0.15, 0.2) is 28.8 Å². The maximum absolute atomic E-state index is 5.78. The van der Waals surface area contributed by atoms with Crippen molar-refractivity contribution in [2.24, 2.45) is 0 Å². The minimum absolute atomic E-state index is 0.693. The first kappa shape index (κ1) is 12.8. The van der Waals surface area contributed by atoms with Gasteiger partial charge in [0.05, 0.1) is 12.7 Å². The summed E-state index contributed by atoms with van der Waals surface area (Å²) in [6.45, 7) is 8.00. The molecule has 18 heavy (non-hydrogen) atoms. The quantitative estimate of drug-likeness (QED) is 0.818. The first-order valence-corrected chi connectivity index (χ1v) is 6.43. The molecule has 0 radical (unpaired) electrons. The highest BCUT2D eigenvalue weighted by Gasteiger charge is 2.08. The van der Waals surface area contributed by atoms with Gasteiger partial charge < -0.3 is 9.73 Å². The number of rotatable bonds is 5. The van der Waals surface area contributed by atoms with Gasteiger partial charge in [-0.2, -0.15) is 0 Å². The van der Waals surface area contributed by atoms with Gasteiger partial charge in [-0.05, 0) is 38.4 Å². The fourth-order valence-electron chi connectivity index (χ4n) is 1.89. The summed E-state index contributed by atoms with van der Waals surface area (Å²) in [4.78, 5) is 4.31. The molecule has 0 saturated heterocycles. The molecule has 0 aliphatic heterocycles. The summed E-state index contributed by atoms with van der Waals surface area (Å²) in [5.74, 6) is 1.60. The number of oxazole rings is 1. The molecule has 0 aliphatic rings. The molecule has 0 bridgehead atoms. The third-order valence-electron chi connectivity index (χ3n) is 2.92. The molecule has 2 rings (SSSR count). The van der Waals surface area contributed by atoms with Gasteiger partial charge in [0.1, 0.15) is 0 Å². The summed E-state index contributed by atoms with van der Waals surface area (Å²) in [7, 11) is 0. The summed E-state index contributed by atoms with van der Waals surface area (Å²) in [5, 5.41) is 3.29. The van der Waals surface area contributed by atoms with E-state index >= 15 is 0 Å². The fourth-order valence-corrected chi connectivity index (χ4v) is 1.89. The van der Waals surface area contributed by atoms with Crippen LogP contribution in [0.4, 0.5) is 0 Å². The molecule has 0 atom stereocenters. The summed E-state index contributed by atoms with van der Waals surface area (Å²) in [6, 6.07) is 6.36. The van der Waals surface area contributed by atoms with Gasteiger partial charge in [0.25, 0.3) is 0 Å². The Kier molecular flexibility index (Phi) is 4.15.